The summed E-state index contributed by atoms with van der Waals surface area (Å²) in [6.07, 6.45) is 1.76. The van der Waals surface area contributed by atoms with Crippen LogP contribution in [0.15, 0.2) is 46.3 Å². The quantitative estimate of drug-likeness (QED) is 0.719. The fourth-order valence-corrected chi connectivity index (χ4v) is 3.54. The maximum Gasteiger partial charge on any atom is 0.264 e. The minimum atomic E-state index is -0.215. The number of hydrogen-bond donors (Lipinski definition) is 1. The summed E-state index contributed by atoms with van der Waals surface area (Å²) in [6, 6.07) is 11.0. The van der Waals surface area contributed by atoms with E-state index < -0.39 is 0 Å². The van der Waals surface area contributed by atoms with E-state index in [2.05, 4.69) is 10.3 Å². The molecule has 1 aliphatic rings. The molecular formula is C20H19ClN2O3S. The smallest absolute Gasteiger partial charge is 0.264 e. The summed E-state index contributed by atoms with van der Waals surface area (Å²) in [5.41, 5.74) is 2.47. The first-order valence-corrected chi connectivity index (χ1v) is 9.56. The molecule has 0 radical (unpaired) electrons. The third-order valence-corrected chi connectivity index (χ3v) is 4.91. The molecule has 0 bridgehead atoms. The Bertz CT molecular complexity index is 941. The van der Waals surface area contributed by atoms with Gasteiger partial charge in [0.1, 0.15) is 17.2 Å². The zero-order valence-corrected chi connectivity index (χ0v) is 16.8. The number of aliphatic imine (C=N–C) groups is 1. The summed E-state index contributed by atoms with van der Waals surface area (Å²) in [5.74, 6) is 1.11. The molecular weight excluding hydrogens is 384 g/mol. The van der Waals surface area contributed by atoms with Crippen molar-refractivity contribution in [1.29, 1.82) is 0 Å². The number of methoxy groups -OCH3 is 1. The maximum absolute atomic E-state index is 12.4. The number of amidine groups is 1. The van der Waals surface area contributed by atoms with Crippen LogP contribution < -0.4 is 14.8 Å². The number of carbonyl (C=O) groups excluding carboxylic acids is 1. The van der Waals surface area contributed by atoms with Crippen LogP contribution in [0.2, 0.25) is 5.02 Å². The molecule has 0 unspecified atom stereocenters. The van der Waals surface area contributed by atoms with Crippen molar-refractivity contribution in [3.8, 4) is 11.5 Å². The number of nitrogens with zero attached hydrogens (tertiary/aromatic N) is 1. The van der Waals surface area contributed by atoms with Gasteiger partial charge in [-0.05, 0) is 67.6 Å². The topological polar surface area (TPSA) is 59.9 Å². The molecule has 1 fully saturated rings. The first-order valence-electron chi connectivity index (χ1n) is 8.36. The molecule has 2 aromatic carbocycles. The SMILES string of the molecule is CCOc1ccc(Cl)cc1/C=C1/SC(=Nc2cc(C)ccc2OC)NC1=O. The van der Waals surface area contributed by atoms with Crippen molar-refractivity contribution in [1.82, 2.24) is 5.32 Å². The van der Waals surface area contributed by atoms with Crippen molar-refractivity contribution in [2.45, 2.75) is 13.8 Å². The van der Waals surface area contributed by atoms with Crippen molar-refractivity contribution in [3.05, 3.63) is 57.5 Å². The van der Waals surface area contributed by atoms with Gasteiger partial charge in [0.2, 0.25) is 0 Å². The molecule has 0 aliphatic carbocycles. The Kier molecular flexibility index (Phi) is 6.08. The minimum Gasteiger partial charge on any atom is -0.494 e. The van der Waals surface area contributed by atoms with E-state index in [-0.39, 0.29) is 5.91 Å². The van der Waals surface area contributed by atoms with Gasteiger partial charge in [0.15, 0.2) is 5.17 Å². The van der Waals surface area contributed by atoms with E-state index in [9.17, 15) is 4.79 Å². The van der Waals surface area contributed by atoms with E-state index in [1.165, 1.54) is 11.8 Å². The lowest BCUT2D eigenvalue weighted by atomic mass is 10.2. The fraction of sp³-hybridized carbons (Fsp3) is 0.200. The van der Waals surface area contributed by atoms with Crippen molar-refractivity contribution < 1.29 is 14.3 Å². The van der Waals surface area contributed by atoms with E-state index in [4.69, 9.17) is 21.1 Å². The highest BCUT2D eigenvalue weighted by Gasteiger charge is 2.24. The zero-order valence-electron chi connectivity index (χ0n) is 15.2. The molecule has 1 N–H and O–H groups in total. The molecule has 5 nitrogen and oxygen atoms in total. The van der Waals surface area contributed by atoms with Gasteiger partial charge >= 0.3 is 0 Å². The van der Waals surface area contributed by atoms with Gasteiger partial charge in [-0.2, -0.15) is 0 Å². The lowest BCUT2D eigenvalue weighted by molar-refractivity contribution is -0.115. The lowest BCUT2D eigenvalue weighted by Crippen LogP contribution is -2.19. The number of aryl methyl sites for hydroxylation is 1. The van der Waals surface area contributed by atoms with Gasteiger partial charge in [-0.1, -0.05) is 17.7 Å². The van der Waals surface area contributed by atoms with E-state index in [0.29, 0.717) is 38.9 Å². The predicted octanol–water partition coefficient (Wildman–Crippen LogP) is 4.95. The lowest BCUT2D eigenvalue weighted by Gasteiger charge is -2.07. The molecule has 1 heterocycles. The average molecular weight is 403 g/mol. The van der Waals surface area contributed by atoms with E-state index in [1.807, 2.05) is 32.0 Å². The second kappa shape index (κ2) is 8.50. The van der Waals surface area contributed by atoms with Crippen molar-refractivity contribution in [3.63, 3.8) is 0 Å². The Balaban J connectivity index is 1.91. The molecule has 3 rings (SSSR count). The number of amides is 1. The second-order valence-electron chi connectivity index (χ2n) is 5.77. The predicted molar refractivity (Wildman–Crippen MR) is 111 cm³/mol. The summed E-state index contributed by atoms with van der Waals surface area (Å²) >= 11 is 7.36. The third kappa shape index (κ3) is 4.64. The molecule has 1 amide bonds. The van der Waals surface area contributed by atoms with Crippen molar-refractivity contribution in [2.75, 3.05) is 13.7 Å². The normalized spacial score (nSPS) is 16.7. The van der Waals surface area contributed by atoms with Crippen LogP contribution in [-0.2, 0) is 4.79 Å². The number of benzene rings is 2. The number of rotatable bonds is 5. The molecule has 0 atom stereocenters. The van der Waals surface area contributed by atoms with E-state index in [1.54, 1.807) is 31.4 Å². The number of thioether (sulfide) groups is 1. The van der Waals surface area contributed by atoms with Gasteiger partial charge in [-0.25, -0.2) is 4.99 Å². The Morgan fingerprint density at radius 2 is 2.00 bits per heavy atom. The summed E-state index contributed by atoms with van der Waals surface area (Å²) < 4.78 is 11.0. The average Bonchev–Trinajstić information content (AvgIpc) is 2.97. The van der Waals surface area contributed by atoms with Crippen LogP contribution >= 0.6 is 23.4 Å². The molecule has 140 valence electrons. The third-order valence-electron chi connectivity index (χ3n) is 3.77. The molecule has 7 heteroatoms. The highest BCUT2D eigenvalue weighted by molar-refractivity contribution is 8.18. The Labute approximate surface area is 167 Å². The van der Waals surface area contributed by atoms with Crippen LogP contribution in [0.3, 0.4) is 0 Å². The van der Waals surface area contributed by atoms with Crippen molar-refractivity contribution >= 4 is 46.2 Å². The fourth-order valence-electron chi connectivity index (χ4n) is 2.54. The van der Waals surface area contributed by atoms with E-state index in [0.717, 1.165) is 11.1 Å². The summed E-state index contributed by atoms with van der Waals surface area (Å²) in [7, 11) is 1.59. The molecule has 1 saturated heterocycles. The highest BCUT2D eigenvalue weighted by atomic mass is 35.5. The molecule has 0 spiro atoms. The van der Waals surface area contributed by atoms with Gasteiger partial charge in [0.05, 0.1) is 18.6 Å². The van der Waals surface area contributed by atoms with Crippen LogP contribution in [0.1, 0.15) is 18.1 Å². The largest absolute Gasteiger partial charge is 0.494 e. The van der Waals surface area contributed by atoms with Gasteiger partial charge in [0.25, 0.3) is 5.91 Å². The second-order valence-corrected chi connectivity index (χ2v) is 7.24. The Hall–Kier alpha value is -2.44. The Morgan fingerprint density at radius 3 is 2.74 bits per heavy atom. The Morgan fingerprint density at radius 1 is 1.22 bits per heavy atom. The molecule has 0 saturated carbocycles. The van der Waals surface area contributed by atoms with Crippen molar-refractivity contribution in [2.24, 2.45) is 4.99 Å². The number of hydrogen-bond acceptors (Lipinski definition) is 5. The zero-order chi connectivity index (χ0) is 19.4. The molecule has 27 heavy (non-hydrogen) atoms. The highest BCUT2D eigenvalue weighted by Crippen LogP contribution is 2.34. The number of ether oxygens (including phenoxy) is 2. The van der Waals surface area contributed by atoms with Gasteiger partial charge in [-0.3, -0.25) is 4.79 Å². The van der Waals surface area contributed by atoms with Gasteiger partial charge < -0.3 is 14.8 Å². The van der Waals surface area contributed by atoms with Crippen LogP contribution in [0, 0.1) is 6.92 Å². The van der Waals surface area contributed by atoms with Crippen LogP contribution in [-0.4, -0.2) is 24.8 Å². The van der Waals surface area contributed by atoms with Gasteiger partial charge in [-0.15, -0.1) is 0 Å². The number of carbonyl (C=O) groups is 1. The summed E-state index contributed by atoms with van der Waals surface area (Å²) in [6.45, 7) is 4.41. The van der Waals surface area contributed by atoms with Crippen LogP contribution in [0.5, 0.6) is 11.5 Å². The summed E-state index contributed by atoms with van der Waals surface area (Å²) in [4.78, 5) is 17.4. The summed E-state index contributed by atoms with van der Waals surface area (Å²) in [5, 5.41) is 3.86. The van der Waals surface area contributed by atoms with E-state index >= 15 is 0 Å². The molecule has 1 aliphatic heterocycles. The standard InChI is InChI=1S/C20H19ClN2O3S/c1-4-26-16-8-6-14(21)10-13(16)11-18-19(24)23-20(27-18)22-15-9-12(2)5-7-17(15)25-3/h5-11H,4H2,1-3H3,(H,22,23,24)/b18-11+. The van der Waals surface area contributed by atoms with Crippen LogP contribution in [0.4, 0.5) is 5.69 Å². The first-order chi connectivity index (χ1) is 13.0. The first kappa shape index (κ1) is 19.3. The van der Waals surface area contributed by atoms with Gasteiger partial charge in [0, 0.05) is 10.6 Å². The maximum atomic E-state index is 12.4. The number of nitrogens with one attached hydrogen (secondary N) is 1. The molecule has 0 aromatic heterocycles. The minimum absolute atomic E-state index is 0.215. The monoisotopic (exact) mass is 402 g/mol. The number of halogens is 1. The van der Waals surface area contributed by atoms with Crippen LogP contribution in [0.25, 0.3) is 6.08 Å². The molecule has 2 aromatic rings.